The Morgan fingerprint density at radius 1 is 1.33 bits per heavy atom. The molecule has 0 aliphatic heterocycles. The predicted octanol–water partition coefficient (Wildman–Crippen LogP) is 1.79. The number of benzene rings is 1. The summed E-state index contributed by atoms with van der Waals surface area (Å²) >= 11 is 5.75. The van der Waals surface area contributed by atoms with E-state index in [1.165, 1.54) is 9.71 Å². The van der Waals surface area contributed by atoms with Crippen LogP contribution in [-0.4, -0.2) is 39.9 Å². The number of nitrogens with one attached hydrogen (secondary N) is 1. The molecule has 1 aromatic rings. The second kappa shape index (κ2) is 6.89. The Morgan fingerprint density at radius 3 is 2.50 bits per heavy atom. The summed E-state index contributed by atoms with van der Waals surface area (Å²) in [7, 11) is -0.0249. The van der Waals surface area contributed by atoms with Crippen molar-refractivity contribution in [1.29, 1.82) is 0 Å². The number of likely N-dealkylation sites (N-methyl/N-ethyl adjacent to an activating group) is 2. The number of nitrogens with zero attached hydrogens (tertiary/aromatic N) is 1. The van der Waals surface area contributed by atoms with Crippen molar-refractivity contribution in [2.24, 2.45) is 0 Å². The van der Waals surface area contributed by atoms with Gasteiger partial charge >= 0.3 is 0 Å². The van der Waals surface area contributed by atoms with Gasteiger partial charge in [-0.1, -0.05) is 23.7 Å². The highest BCUT2D eigenvalue weighted by Crippen LogP contribution is 2.11. The van der Waals surface area contributed by atoms with E-state index in [0.717, 1.165) is 5.56 Å². The lowest BCUT2D eigenvalue weighted by atomic mass is 10.2. The van der Waals surface area contributed by atoms with Gasteiger partial charge in [-0.2, -0.15) is 0 Å². The molecule has 0 heterocycles. The summed E-state index contributed by atoms with van der Waals surface area (Å²) in [6.07, 6.45) is 1.56. The molecule has 0 aliphatic rings. The number of rotatable bonds is 6. The maximum atomic E-state index is 11.9. The number of halogens is 1. The Labute approximate surface area is 113 Å². The highest BCUT2D eigenvalue weighted by Gasteiger charge is 2.12. The van der Waals surface area contributed by atoms with Crippen LogP contribution in [0.3, 0.4) is 0 Å². The van der Waals surface area contributed by atoms with Crippen molar-refractivity contribution in [2.75, 3.05) is 27.2 Å². The van der Waals surface area contributed by atoms with E-state index in [-0.39, 0.29) is 0 Å². The van der Waals surface area contributed by atoms with Crippen molar-refractivity contribution >= 4 is 27.7 Å². The molecule has 18 heavy (non-hydrogen) atoms. The molecule has 0 fully saturated rings. The first-order valence-electron chi connectivity index (χ1n) is 5.50. The van der Waals surface area contributed by atoms with Crippen LogP contribution in [0.4, 0.5) is 0 Å². The fourth-order valence-corrected chi connectivity index (χ4v) is 2.25. The first-order valence-corrected chi connectivity index (χ1v) is 7.38. The number of sulfonamides is 1. The van der Waals surface area contributed by atoms with Gasteiger partial charge in [-0.3, -0.25) is 0 Å². The Balaban J connectivity index is 2.73. The minimum Gasteiger partial charge on any atom is -0.318 e. The lowest BCUT2D eigenvalue weighted by Crippen LogP contribution is -2.31. The molecule has 0 saturated carbocycles. The highest BCUT2D eigenvalue weighted by atomic mass is 35.5. The summed E-state index contributed by atoms with van der Waals surface area (Å²) in [5.41, 5.74) is 0.796. The molecule has 1 rings (SSSR count). The van der Waals surface area contributed by atoms with Gasteiger partial charge in [-0.15, -0.1) is 0 Å². The minimum atomic E-state index is -3.36. The van der Waals surface area contributed by atoms with Crippen molar-refractivity contribution in [1.82, 2.24) is 9.62 Å². The summed E-state index contributed by atoms with van der Waals surface area (Å²) in [6.45, 7) is 1.05. The molecule has 6 heteroatoms. The summed E-state index contributed by atoms with van der Waals surface area (Å²) in [5, 5.41) is 4.73. The summed E-state index contributed by atoms with van der Waals surface area (Å²) in [6, 6.07) is 6.97. The Morgan fingerprint density at radius 2 is 1.94 bits per heavy atom. The zero-order chi connectivity index (χ0) is 13.6. The van der Waals surface area contributed by atoms with Crippen LogP contribution in [0.1, 0.15) is 5.56 Å². The van der Waals surface area contributed by atoms with E-state index in [1.807, 2.05) is 0 Å². The SMILES string of the molecule is CNCCN(C)S(=O)(=O)C=Cc1ccc(Cl)cc1. The quantitative estimate of drug-likeness (QED) is 0.868. The Bertz CT molecular complexity index is 497. The fourth-order valence-electron chi connectivity index (χ4n) is 1.24. The molecule has 0 unspecified atom stereocenters. The molecule has 0 bridgehead atoms. The van der Waals surface area contributed by atoms with Crippen molar-refractivity contribution < 1.29 is 8.42 Å². The van der Waals surface area contributed by atoms with E-state index in [9.17, 15) is 8.42 Å². The van der Waals surface area contributed by atoms with E-state index < -0.39 is 10.0 Å². The molecule has 0 atom stereocenters. The van der Waals surface area contributed by atoms with Crippen molar-refractivity contribution in [2.45, 2.75) is 0 Å². The van der Waals surface area contributed by atoms with Crippen LogP contribution >= 0.6 is 11.6 Å². The topological polar surface area (TPSA) is 49.4 Å². The average molecular weight is 289 g/mol. The molecule has 0 aliphatic carbocycles. The van der Waals surface area contributed by atoms with Crippen LogP contribution in [0.5, 0.6) is 0 Å². The fraction of sp³-hybridized carbons (Fsp3) is 0.333. The third-order valence-corrected chi connectivity index (χ3v) is 4.20. The first kappa shape index (κ1) is 15.2. The van der Waals surface area contributed by atoms with E-state index in [1.54, 1.807) is 44.4 Å². The highest BCUT2D eigenvalue weighted by molar-refractivity contribution is 7.92. The van der Waals surface area contributed by atoms with Gasteiger partial charge < -0.3 is 5.32 Å². The van der Waals surface area contributed by atoms with Crippen molar-refractivity contribution in [3.63, 3.8) is 0 Å². The van der Waals surface area contributed by atoms with Gasteiger partial charge in [0, 0.05) is 30.6 Å². The normalized spacial score (nSPS) is 12.4. The average Bonchev–Trinajstić information content (AvgIpc) is 2.35. The molecule has 0 aromatic heterocycles. The van der Waals surface area contributed by atoms with Crippen LogP contribution in [-0.2, 0) is 10.0 Å². The predicted molar refractivity (Wildman–Crippen MR) is 76.0 cm³/mol. The maximum Gasteiger partial charge on any atom is 0.236 e. The van der Waals surface area contributed by atoms with Crippen LogP contribution in [0.25, 0.3) is 6.08 Å². The first-order chi connectivity index (χ1) is 8.45. The summed E-state index contributed by atoms with van der Waals surface area (Å²) < 4.78 is 25.0. The van der Waals surface area contributed by atoms with Gasteiger partial charge in [0.15, 0.2) is 0 Å². The molecule has 0 spiro atoms. The molecule has 4 nitrogen and oxygen atoms in total. The largest absolute Gasteiger partial charge is 0.318 e. The smallest absolute Gasteiger partial charge is 0.236 e. The van der Waals surface area contributed by atoms with Crippen LogP contribution in [0.15, 0.2) is 29.7 Å². The minimum absolute atomic E-state index is 0.434. The van der Waals surface area contributed by atoms with Gasteiger partial charge in [0.1, 0.15) is 0 Å². The second-order valence-electron chi connectivity index (χ2n) is 3.82. The second-order valence-corrected chi connectivity index (χ2v) is 6.19. The number of hydrogen-bond acceptors (Lipinski definition) is 3. The summed E-state index contributed by atoms with van der Waals surface area (Å²) in [5.74, 6) is 0. The molecule has 0 saturated heterocycles. The van der Waals surface area contributed by atoms with Gasteiger partial charge in [0.25, 0.3) is 0 Å². The van der Waals surface area contributed by atoms with Gasteiger partial charge in [0.05, 0.1) is 0 Å². The molecule has 0 amide bonds. The third kappa shape index (κ3) is 4.78. The van der Waals surface area contributed by atoms with E-state index >= 15 is 0 Å². The third-order valence-electron chi connectivity index (χ3n) is 2.41. The molecular formula is C12H17ClN2O2S. The molecular weight excluding hydrogens is 272 g/mol. The van der Waals surface area contributed by atoms with E-state index in [2.05, 4.69) is 5.32 Å². The van der Waals surface area contributed by atoms with E-state index in [0.29, 0.717) is 18.1 Å². The van der Waals surface area contributed by atoms with Gasteiger partial charge in [0.2, 0.25) is 10.0 Å². The lowest BCUT2D eigenvalue weighted by molar-refractivity contribution is 0.474. The van der Waals surface area contributed by atoms with Gasteiger partial charge in [-0.25, -0.2) is 12.7 Å². The van der Waals surface area contributed by atoms with Crippen LogP contribution in [0.2, 0.25) is 5.02 Å². The number of hydrogen-bond donors (Lipinski definition) is 1. The molecule has 1 aromatic carbocycles. The zero-order valence-electron chi connectivity index (χ0n) is 10.4. The lowest BCUT2D eigenvalue weighted by Gasteiger charge is -2.13. The maximum absolute atomic E-state index is 11.9. The van der Waals surface area contributed by atoms with E-state index in [4.69, 9.17) is 11.6 Å². The van der Waals surface area contributed by atoms with Crippen LogP contribution < -0.4 is 5.32 Å². The standard InChI is InChI=1S/C12H17ClN2O2S/c1-14-8-9-15(2)18(16,17)10-7-11-3-5-12(13)6-4-11/h3-7,10,14H,8-9H2,1-2H3. The Hall–Kier alpha value is -0.880. The van der Waals surface area contributed by atoms with Crippen molar-refractivity contribution in [3.8, 4) is 0 Å². The van der Waals surface area contributed by atoms with Crippen LogP contribution in [0, 0.1) is 0 Å². The molecule has 0 radical (unpaired) electrons. The Kier molecular flexibility index (Phi) is 5.81. The summed E-state index contributed by atoms with van der Waals surface area (Å²) in [4.78, 5) is 0. The monoisotopic (exact) mass is 288 g/mol. The van der Waals surface area contributed by atoms with Gasteiger partial charge in [-0.05, 0) is 30.8 Å². The zero-order valence-corrected chi connectivity index (χ0v) is 12.0. The molecule has 1 N–H and O–H groups in total. The molecule has 100 valence electrons. The van der Waals surface area contributed by atoms with Crippen molar-refractivity contribution in [3.05, 3.63) is 40.3 Å².